The first-order valence-corrected chi connectivity index (χ1v) is 10.8. The lowest BCUT2D eigenvalue weighted by atomic mass is 10.1. The number of nitriles is 1. The van der Waals surface area contributed by atoms with Gasteiger partial charge < -0.3 is 19.1 Å². The van der Waals surface area contributed by atoms with Crippen LogP contribution >= 0.6 is 22.6 Å². The largest absolute Gasteiger partial charge is 0.490 e. The van der Waals surface area contributed by atoms with Crippen LogP contribution in [0.3, 0.4) is 0 Å². The summed E-state index contributed by atoms with van der Waals surface area (Å²) in [5.74, 6) is 0.956. The SMILES string of the molecule is CCOc1cc(/C=C(\C#N)C(=O)N2CCOCC2)cc(I)c1OCc1ccccc1. The molecule has 2 aromatic carbocycles. The van der Waals surface area contributed by atoms with Crippen molar-refractivity contribution in [3.63, 3.8) is 0 Å². The summed E-state index contributed by atoms with van der Waals surface area (Å²) in [5, 5.41) is 9.54. The highest BCUT2D eigenvalue weighted by Gasteiger charge is 2.21. The molecule has 30 heavy (non-hydrogen) atoms. The molecule has 1 aliphatic heterocycles. The molecule has 0 atom stereocenters. The van der Waals surface area contributed by atoms with Crippen molar-refractivity contribution in [1.82, 2.24) is 4.90 Å². The number of halogens is 1. The summed E-state index contributed by atoms with van der Waals surface area (Å²) in [7, 11) is 0. The Bertz CT molecular complexity index is 948. The lowest BCUT2D eigenvalue weighted by Gasteiger charge is -2.26. The van der Waals surface area contributed by atoms with E-state index in [0.29, 0.717) is 56.6 Å². The maximum Gasteiger partial charge on any atom is 0.264 e. The van der Waals surface area contributed by atoms with Crippen LogP contribution in [-0.2, 0) is 16.1 Å². The molecular weight excluding hydrogens is 495 g/mol. The summed E-state index contributed by atoms with van der Waals surface area (Å²) in [4.78, 5) is 14.3. The molecule has 156 valence electrons. The Balaban J connectivity index is 1.85. The highest BCUT2D eigenvalue weighted by Crippen LogP contribution is 2.35. The Morgan fingerprint density at radius 1 is 1.23 bits per heavy atom. The van der Waals surface area contributed by atoms with Gasteiger partial charge in [0.2, 0.25) is 0 Å². The van der Waals surface area contributed by atoms with E-state index in [1.165, 1.54) is 0 Å². The van der Waals surface area contributed by atoms with Crippen LogP contribution in [0, 0.1) is 14.9 Å². The van der Waals surface area contributed by atoms with E-state index in [9.17, 15) is 10.1 Å². The smallest absolute Gasteiger partial charge is 0.264 e. The van der Waals surface area contributed by atoms with Gasteiger partial charge in [-0.15, -0.1) is 0 Å². The lowest BCUT2D eigenvalue weighted by molar-refractivity contribution is -0.130. The van der Waals surface area contributed by atoms with E-state index in [2.05, 4.69) is 22.6 Å². The van der Waals surface area contributed by atoms with Gasteiger partial charge >= 0.3 is 0 Å². The first-order valence-electron chi connectivity index (χ1n) is 9.74. The highest BCUT2D eigenvalue weighted by atomic mass is 127. The number of amides is 1. The quantitative estimate of drug-likeness (QED) is 0.315. The van der Waals surface area contributed by atoms with E-state index in [1.54, 1.807) is 17.0 Å². The molecule has 1 aliphatic rings. The summed E-state index contributed by atoms with van der Waals surface area (Å²) in [6, 6.07) is 15.6. The third kappa shape index (κ3) is 5.74. The predicted molar refractivity (Wildman–Crippen MR) is 122 cm³/mol. The van der Waals surface area contributed by atoms with E-state index >= 15 is 0 Å². The van der Waals surface area contributed by atoms with Crippen molar-refractivity contribution in [2.45, 2.75) is 13.5 Å². The van der Waals surface area contributed by atoms with Crippen LogP contribution < -0.4 is 9.47 Å². The lowest BCUT2D eigenvalue weighted by Crippen LogP contribution is -2.41. The number of hydrogen-bond acceptors (Lipinski definition) is 5. The number of carbonyl (C=O) groups excluding carboxylic acids is 1. The number of carbonyl (C=O) groups is 1. The molecule has 1 fully saturated rings. The number of hydrogen-bond donors (Lipinski definition) is 0. The van der Waals surface area contributed by atoms with Gasteiger partial charge in [-0.2, -0.15) is 5.26 Å². The Kier molecular flexibility index (Phi) is 8.11. The summed E-state index contributed by atoms with van der Waals surface area (Å²) in [5.41, 5.74) is 1.86. The van der Waals surface area contributed by atoms with Crippen LogP contribution in [0.25, 0.3) is 6.08 Å². The van der Waals surface area contributed by atoms with Gasteiger partial charge in [-0.05, 0) is 58.9 Å². The van der Waals surface area contributed by atoms with E-state index < -0.39 is 0 Å². The van der Waals surface area contributed by atoms with E-state index in [0.717, 1.165) is 9.13 Å². The van der Waals surface area contributed by atoms with Gasteiger partial charge in [0.15, 0.2) is 11.5 Å². The molecule has 3 rings (SSSR count). The number of benzene rings is 2. The van der Waals surface area contributed by atoms with Gasteiger partial charge in [-0.3, -0.25) is 4.79 Å². The van der Waals surface area contributed by atoms with Gasteiger partial charge in [0.05, 0.1) is 23.4 Å². The Labute approximate surface area is 190 Å². The van der Waals surface area contributed by atoms with Gasteiger partial charge in [-0.25, -0.2) is 0 Å². The average Bonchev–Trinajstić information content (AvgIpc) is 2.78. The maximum absolute atomic E-state index is 12.7. The number of ether oxygens (including phenoxy) is 3. The molecular formula is C23H23IN2O4. The molecule has 2 aromatic rings. The van der Waals surface area contributed by atoms with Crippen molar-refractivity contribution < 1.29 is 19.0 Å². The van der Waals surface area contributed by atoms with Crippen molar-refractivity contribution in [3.05, 3.63) is 62.7 Å². The summed E-state index contributed by atoms with van der Waals surface area (Å²) in [6.45, 7) is 4.76. The first-order chi connectivity index (χ1) is 14.6. The molecule has 1 heterocycles. The first kappa shape index (κ1) is 22.1. The van der Waals surface area contributed by atoms with Crippen LogP contribution in [0.15, 0.2) is 48.0 Å². The summed E-state index contributed by atoms with van der Waals surface area (Å²) < 4.78 is 17.9. The zero-order valence-electron chi connectivity index (χ0n) is 16.8. The molecule has 6 nitrogen and oxygen atoms in total. The van der Waals surface area contributed by atoms with Crippen LogP contribution in [0.4, 0.5) is 0 Å². The number of nitrogens with zero attached hydrogens (tertiary/aromatic N) is 2. The van der Waals surface area contributed by atoms with Crippen LogP contribution in [0.2, 0.25) is 0 Å². The Hall–Kier alpha value is -2.57. The number of rotatable bonds is 7. The van der Waals surface area contributed by atoms with Gasteiger partial charge in [0.25, 0.3) is 5.91 Å². The second kappa shape index (κ2) is 11.0. The standard InChI is InChI=1S/C23H23IN2O4/c1-2-29-21-14-18(12-19(15-25)23(27)26-8-10-28-11-9-26)13-20(24)22(21)30-16-17-6-4-3-5-7-17/h3-7,12-14H,2,8-11,16H2,1H3/b19-12+. The van der Waals surface area contributed by atoms with Gasteiger partial charge in [0.1, 0.15) is 18.2 Å². The van der Waals surface area contributed by atoms with E-state index in [1.807, 2.05) is 49.4 Å². The maximum atomic E-state index is 12.7. The molecule has 0 unspecified atom stereocenters. The van der Waals surface area contributed by atoms with Gasteiger partial charge in [-0.1, -0.05) is 30.3 Å². The van der Waals surface area contributed by atoms with Crippen LogP contribution in [-0.4, -0.2) is 43.7 Å². The van der Waals surface area contributed by atoms with Crippen molar-refractivity contribution in [2.75, 3.05) is 32.9 Å². The Morgan fingerprint density at radius 2 is 1.97 bits per heavy atom. The van der Waals surface area contributed by atoms with Crippen molar-refractivity contribution >= 4 is 34.6 Å². The van der Waals surface area contributed by atoms with E-state index in [-0.39, 0.29) is 11.5 Å². The topological polar surface area (TPSA) is 71.8 Å². The molecule has 0 aliphatic carbocycles. The van der Waals surface area contributed by atoms with Crippen molar-refractivity contribution in [2.24, 2.45) is 0 Å². The fraction of sp³-hybridized carbons (Fsp3) is 0.304. The van der Waals surface area contributed by atoms with Crippen LogP contribution in [0.1, 0.15) is 18.1 Å². The summed E-state index contributed by atoms with van der Waals surface area (Å²) >= 11 is 2.18. The fourth-order valence-electron chi connectivity index (χ4n) is 3.05. The predicted octanol–water partition coefficient (Wildman–Crippen LogP) is 4.03. The molecule has 0 N–H and O–H groups in total. The van der Waals surface area contributed by atoms with E-state index in [4.69, 9.17) is 14.2 Å². The third-order valence-corrected chi connectivity index (χ3v) is 5.32. The summed E-state index contributed by atoms with van der Waals surface area (Å²) in [6.07, 6.45) is 1.60. The molecule has 0 saturated carbocycles. The zero-order chi connectivity index (χ0) is 21.3. The average molecular weight is 518 g/mol. The minimum Gasteiger partial charge on any atom is -0.490 e. The van der Waals surface area contributed by atoms with Gasteiger partial charge in [0, 0.05) is 13.1 Å². The number of morpholine rings is 1. The normalized spacial score (nSPS) is 14.2. The van der Waals surface area contributed by atoms with Crippen molar-refractivity contribution in [3.8, 4) is 17.6 Å². The molecule has 1 amide bonds. The highest BCUT2D eigenvalue weighted by molar-refractivity contribution is 14.1. The molecule has 0 radical (unpaired) electrons. The Morgan fingerprint density at radius 3 is 2.63 bits per heavy atom. The molecule has 0 spiro atoms. The second-order valence-corrected chi connectivity index (χ2v) is 7.77. The third-order valence-electron chi connectivity index (χ3n) is 4.52. The second-order valence-electron chi connectivity index (χ2n) is 6.61. The minimum absolute atomic E-state index is 0.0908. The molecule has 1 saturated heterocycles. The van der Waals surface area contributed by atoms with Crippen molar-refractivity contribution in [1.29, 1.82) is 5.26 Å². The van der Waals surface area contributed by atoms with Crippen LogP contribution in [0.5, 0.6) is 11.5 Å². The zero-order valence-corrected chi connectivity index (χ0v) is 18.9. The molecule has 0 aromatic heterocycles. The monoisotopic (exact) mass is 518 g/mol. The minimum atomic E-state index is -0.279. The fourth-order valence-corrected chi connectivity index (χ4v) is 3.83. The molecule has 0 bridgehead atoms. The molecule has 7 heteroatoms.